The highest BCUT2D eigenvalue weighted by atomic mass is 35.5. The molecular weight excluding hydrogens is 291 g/mol. The fraction of sp³-hybridized carbons (Fsp3) is 0.625. The van der Waals surface area contributed by atoms with Crippen LogP contribution in [-0.2, 0) is 6.54 Å². The van der Waals surface area contributed by atoms with Crippen LogP contribution in [-0.4, -0.2) is 30.6 Å². The second-order valence-corrected chi connectivity index (χ2v) is 7.08. The minimum absolute atomic E-state index is 0.627. The molecule has 2 nitrogen and oxygen atoms in total. The Morgan fingerprint density at radius 1 is 1.15 bits per heavy atom. The summed E-state index contributed by atoms with van der Waals surface area (Å²) in [7, 11) is 2.29. The first-order chi connectivity index (χ1) is 9.63. The van der Waals surface area contributed by atoms with Gasteiger partial charge in [0.1, 0.15) is 0 Å². The lowest BCUT2D eigenvalue weighted by Gasteiger charge is -2.36. The first kappa shape index (κ1) is 14.6. The Balaban J connectivity index is 1.47. The number of halogens is 2. The summed E-state index contributed by atoms with van der Waals surface area (Å²) in [5.74, 6) is 0.825. The lowest BCUT2D eigenvalue weighted by Crippen LogP contribution is -2.42. The van der Waals surface area contributed by atoms with Crippen LogP contribution in [0.25, 0.3) is 0 Å². The summed E-state index contributed by atoms with van der Waals surface area (Å²) in [6, 6.07) is 7.52. The van der Waals surface area contributed by atoms with Crippen molar-refractivity contribution in [3.8, 4) is 0 Å². The molecule has 2 bridgehead atoms. The van der Waals surface area contributed by atoms with Crippen molar-refractivity contribution in [3.63, 3.8) is 0 Å². The predicted octanol–water partition coefficient (Wildman–Crippen LogP) is 3.96. The van der Waals surface area contributed by atoms with Gasteiger partial charge in [0.05, 0.1) is 10.0 Å². The minimum Gasteiger partial charge on any atom is -0.312 e. The van der Waals surface area contributed by atoms with Gasteiger partial charge in [-0.2, -0.15) is 0 Å². The molecule has 4 heteroatoms. The summed E-state index contributed by atoms with van der Waals surface area (Å²) in [5, 5.41) is 4.85. The highest BCUT2D eigenvalue weighted by molar-refractivity contribution is 6.42. The Labute approximate surface area is 131 Å². The summed E-state index contributed by atoms with van der Waals surface area (Å²) < 4.78 is 0. The maximum Gasteiger partial charge on any atom is 0.0595 e. The summed E-state index contributed by atoms with van der Waals surface area (Å²) in [4.78, 5) is 2.59. The van der Waals surface area contributed by atoms with Crippen molar-refractivity contribution in [1.29, 1.82) is 0 Å². The Morgan fingerprint density at radius 3 is 2.50 bits per heavy atom. The van der Waals surface area contributed by atoms with Gasteiger partial charge in [0.15, 0.2) is 0 Å². The average molecular weight is 313 g/mol. The van der Waals surface area contributed by atoms with Crippen molar-refractivity contribution in [2.24, 2.45) is 5.92 Å². The summed E-state index contributed by atoms with van der Waals surface area (Å²) in [6.45, 7) is 1.99. The third kappa shape index (κ3) is 3.14. The molecule has 110 valence electrons. The largest absolute Gasteiger partial charge is 0.312 e. The number of fused-ring (bicyclic) bond motifs is 2. The fourth-order valence-electron chi connectivity index (χ4n) is 3.76. The second kappa shape index (κ2) is 6.23. The smallest absolute Gasteiger partial charge is 0.0595 e. The van der Waals surface area contributed by atoms with E-state index in [1.54, 1.807) is 0 Å². The third-order valence-corrected chi connectivity index (χ3v) is 5.68. The number of rotatable bonds is 4. The first-order valence-electron chi connectivity index (χ1n) is 7.50. The molecular formula is C16H22Cl2N2. The van der Waals surface area contributed by atoms with Gasteiger partial charge in [0.25, 0.3) is 0 Å². The third-order valence-electron chi connectivity index (χ3n) is 4.94. The zero-order chi connectivity index (χ0) is 14.1. The van der Waals surface area contributed by atoms with E-state index in [0.29, 0.717) is 10.0 Å². The van der Waals surface area contributed by atoms with Crippen LogP contribution in [0.5, 0.6) is 0 Å². The average Bonchev–Trinajstić information content (AvgIpc) is 2.65. The molecule has 20 heavy (non-hydrogen) atoms. The Morgan fingerprint density at radius 2 is 1.85 bits per heavy atom. The van der Waals surface area contributed by atoms with Gasteiger partial charge in [0.2, 0.25) is 0 Å². The molecule has 0 saturated carbocycles. The van der Waals surface area contributed by atoms with Crippen LogP contribution in [0.4, 0.5) is 0 Å². The van der Waals surface area contributed by atoms with E-state index in [-0.39, 0.29) is 0 Å². The number of benzene rings is 1. The van der Waals surface area contributed by atoms with Gasteiger partial charge in [-0.1, -0.05) is 29.3 Å². The number of piperidine rings is 1. The summed E-state index contributed by atoms with van der Waals surface area (Å²) >= 11 is 12.0. The Bertz CT molecular complexity index is 464. The molecule has 3 rings (SSSR count). The highest BCUT2D eigenvalue weighted by Gasteiger charge is 2.37. The van der Waals surface area contributed by atoms with E-state index in [1.807, 2.05) is 18.2 Å². The lowest BCUT2D eigenvalue weighted by atomic mass is 9.91. The van der Waals surface area contributed by atoms with E-state index in [4.69, 9.17) is 23.2 Å². The van der Waals surface area contributed by atoms with Crippen molar-refractivity contribution in [1.82, 2.24) is 10.2 Å². The van der Waals surface area contributed by atoms with E-state index < -0.39 is 0 Å². The SMILES string of the molecule is CN1C2CCC1CC(CNCc1ccc(Cl)c(Cl)c1)C2. The van der Waals surface area contributed by atoms with E-state index in [0.717, 1.165) is 31.1 Å². The maximum absolute atomic E-state index is 6.04. The number of nitrogens with one attached hydrogen (secondary N) is 1. The molecule has 0 aromatic heterocycles. The molecule has 2 aliphatic rings. The van der Waals surface area contributed by atoms with Crippen LogP contribution in [0.2, 0.25) is 10.0 Å². The number of hydrogen-bond donors (Lipinski definition) is 1. The summed E-state index contributed by atoms with van der Waals surface area (Å²) in [5.41, 5.74) is 1.20. The number of nitrogens with zero attached hydrogens (tertiary/aromatic N) is 1. The molecule has 0 spiro atoms. The van der Waals surface area contributed by atoms with E-state index in [9.17, 15) is 0 Å². The van der Waals surface area contributed by atoms with Crippen LogP contribution in [0.1, 0.15) is 31.2 Å². The van der Waals surface area contributed by atoms with Gasteiger partial charge in [-0.15, -0.1) is 0 Å². The maximum atomic E-state index is 6.04. The topological polar surface area (TPSA) is 15.3 Å². The molecule has 2 fully saturated rings. The normalized spacial score (nSPS) is 29.9. The van der Waals surface area contributed by atoms with Gasteiger partial charge in [-0.05, 0) is 62.9 Å². The van der Waals surface area contributed by atoms with E-state index >= 15 is 0 Å². The molecule has 2 aliphatic heterocycles. The molecule has 0 radical (unpaired) electrons. The Hall–Kier alpha value is -0.280. The molecule has 2 heterocycles. The molecule has 1 N–H and O–H groups in total. The van der Waals surface area contributed by atoms with Crippen LogP contribution in [0.15, 0.2) is 18.2 Å². The first-order valence-corrected chi connectivity index (χ1v) is 8.25. The van der Waals surface area contributed by atoms with E-state index in [1.165, 1.54) is 31.2 Å². The molecule has 2 unspecified atom stereocenters. The minimum atomic E-state index is 0.627. The number of hydrogen-bond acceptors (Lipinski definition) is 2. The van der Waals surface area contributed by atoms with Gasteiger partial charge >= 0.3 is 0 Å². The van der Waals surface area contributed by atoms with Crippen molar-refractivity contribution in [2.75, 3.05) is 13.6 Å². The molecule has 1 aromatic carbocycles. The zero-order valence-electron chi connectivity index (χ0n) is 11.9. The standard InChI is InChI=1S/C16H22Cl2N2/c1-20-13-3-4-14(20)7-12(6-13)10-19-9-11-2-5-15(17)16(18)8-11/h2,5,8,12-14,19H,3-4,6-7,9-10H2,1H3. The molecule has 0 aliphatic carbocycles. The second-order valence-electron chi connectivity index (χ2n) is 6.27. The van der Waals surface area contributed by atoms with Crippen molar-refractivity contribution in [2.45, 2.75) is 44.3 Å². The highest BCUT2D eigenvalue weighted by Crippen LogP contribution is 2.37. The van der Waals surface area contributed by atoms with Crippen LogP contribution < -0.4 is 5.32 Å². The van der Waals surface area contributed by atoms with E-state index in [2.05, 4.69) is 17.3 Å². The zero-order valence-corrected chi connectivity index (χ0v) is 13.4. The van der Waals surface area contributed by atoms with Gasteiger partial charge in [0, 0.05) is 18.6 Å². The molecule has 1 aromatic rings. The van der Waals surface area contributed by atoms with Crippen molar-refractivity contribution >= 4 is 23.2 Å². The summed E-state index contributed by atoms with van der Waals surface area (Å²) in [6.07, 6.45) is 5.48. The van der Waals surface area contributed by atoms with Crippen LogP contribution >= 0.6 is 23.2 Å². The van der Waals surface area contributed by atoms with Crippen molar-refractivity contribution < 1.29 is 0 Å². The van der Waals surface area contributed by atoms with Gasteiger partial charge in [-0.25, -0.2) is 0 Å². The van der Waals surface area contributed by atoms with Crippen LogP contribution in [0, 0.1) is 5.92 Å². The fourth-order valence-corrected chi connectivity index (χ4v) is 4.08. The molecule has 0 amide bonds. The lowest BCUT2D eigenvalue weighted by molar-refractivity contribution is 0.133. The Kier molecular flexibility index (Phi) is 4.56. The quantitative estimate of drug-likeness (QED) is 0.905. The molecule has 2 saturated heterocycles. The monoisotopic (exact) mass is 312 g/mol. The predicted molar refractivity (Wildman–Crippen MR) is 85.5 cm³/mol. The molecule has 2 atom stereocenters. The van der Waals surface area contributed by atoms with Crippen molar-refractivity contribution in [3.05, 3.63) is 33.8 Å². The van der Waals surface area contributed by atoms with Gasteiger partial charge < -0.3 is 10.2 Å². The van der Waals surface area contributed by atoms with Crippen LogP contribution in [0.3, 0.4) is 0 Å². The van der Waals surface area contributed by atoms with Gasteiger partial charge in [-0.3, -0.25) is 0 Å².